The average molecular weight is 339 g/mol. The smallest absolute Gasteiger partial charge is 0.161 e. The van der Waals surface area contributed by atoms with Crippen LogP contribution in [0.5, 0.6) is 11.5 Å². The standard InChI is InChI=1S/C20H25N3O2/c1-15-4-7-18(8-5-15)22-10-12-23(13-11-22)21-16(2)17-6-9-19(24)20(14-17)25-3/h4-9,14,24H,10-13H2,1-3H3. The highest BCUT2D eigenvalue weighted by Gasteiger charge is 2.16. The van der Waals surface area contributed by atoms with Crippen molar-refractivity contribution >= 4 is 11.4 Å². The Balaban J connectivity index is 1.64. The largest absolute Gasteiger partial charge is 0.504 e. The van der Waals surface area contributed by atoms with Gasteiger partial charge in [0.1, 0.15) is 0 Å². The normalized spacial score (nSPS) is 15.4. The lowest BCUT2D eigenvalue weighted by atomic mass is 10.1. The first-order chi connectivity index (χ1) is 12.1. The van der Waals surface area contributed by atoms with Gasteiger partial charge in [-0.25, -0.2) is 0 Å². The van der Waals surface area contributed by atoms with Gasteiger partial charge in [0, 0.05) is 24.3 Å². The Bertz CT molecular complexity index is 748. The average Bonchev–Trinajstić information content (AvgIpc) is 2.63. The van der Waals surface area contributed by atoms with E-state index in [9.17, 15) is 5.11 Å². The van der Waals surface area contributed by atoms with Gasteiger partial charge in [-0.1, -0.05) is 17.7 Å². The van der Waals surface area contributed by atoms with Gasteiger partial charge in [0.05, 0.1) is 25.9 Å². The molecule has 0 unspecified atom stereocenters. The third kappa shape index (κ3) is 4.05. The maximum Gasteiger partial charge on any atom is 0.161 e. The van der Waals surface area contributed by atoms with Gasteiger partial charge in [0.15, 0.2) is 11.5 Å². The van der Waals surface area contributed by atoms with E-state index in [1.165, 1.54) is 11.3 Å². The molecule has 0 atom stereocenters. The molecule has 25 heavy (non-hydrogen) atoms. The number of phenolic OH excluding ortho intramolecular Hbond substituents is 1. The zero-order valence-corrected chi connectivity index (χ0v) is 15.1. The summed E-state index contributed by atoms with van der Waals surface area (Å²) >= 11 is 0. The molecule has 0 saturated carbocycles. The van der Waals surface area contributed by atoms with Gasteiger partial charge < -0.3 is 14.7 Å². The molecule has 1 aliphatic rings. The highest BCUT2D eigenvalue weighted by Crippen LogP contribution is 2.26. The van der Waals surface area contributed by atoms with Crippen LogP contribution < -0.4 is 9.64 Å². The fraction of sp³-hybridized carbons (Fsp3) is 0.350. The Labute approximate surface area is 149 Å². The van der Waals surface area contributed by atoms with Crippen molar-refractivity contribution in [1.29, 1.82) is 0 Å². The first kappa shape index (κ1) is 17.1. The quantitative estimate of drug-likeness (QED) is 0.869. The molecule has 0 amide bonds. The van der Waals surface area contributed by atoms with Gasteiger partial charge in [-0.15, -0.1) is 0 Å². The van der Waals surface area contributed by atoms with Crippen LogP contribution in [-0.2, 0) is 0 Å². The van der Waals surface area contributed by atoms with E-state index >= 15 is 0 Å². The van der Waals surface area contributed by atoms with Crippen molar-refractivity contribution in [3.63, 3.8) is 0 Å². The van der Waals surface area contributed by atoms with Crippen molar-refractivity contribution in [2.45, 2.75) is 13.8 Å². The van der Waals surface area contributed by atoms with Crippen molar-refractivity contribution < 1.29 is 9.84 Å². The molecular formula is C20H25N3O2. The van der Waals surface area contributed by atoms with E-state index in [1.54, 1.807) is 13.2 Å². The lowest BCUT2D eigenvalue weighted by Crippen LogP contribution is -2.44. The fourth-order valence-corrected chi connectivity index (χ4v) is 2.98. The van der Waals surface area contributed by atoms with Crippen LogP contribution in [0.2, 0.25) is 0 Å². The van der Waals surface area contributed by atoms with Crippen LogP contribution in [0.25, 0.3) is 0 Å². The van der Waals surface area contributed by atoms with Crippen LogP contribution in [0.1, 0.15) is 18.1 Å². The maximum atomic E-state index is 9.71. The Kier molecular flexibility index (Phi) is 5.12. The lowest BCUT2D eigenvalue weighted by molar-refractivity contribution is 0.270. The molecule has 5 nitrogen and oxygen atoms in total. The molecule has 1 fully saturated rings. The number of benzene rings is 2. The summed E-state index contributed by atoms with van der Waals surface area (Å²) in [5.41, 5.74) is 4.43. The van der Waals surface area contributed by atoms with E-state index in [-0.39, 0.29) is 5.75 Å². The summed E-state index contributed by atoms with van der Waals surface area (Å²) < 4.78 is 5.17. The summed E-state index contributed by atoms with van der Waals surface area (Å²) in [5.74, 6) is 0.613. The summed E-state index contributed by atoms with van der Waals surface area (Å²) in [6.45, 7) is 7.79. The number of methoxy groups -OCH3 is 1. The highest BCUT2D eigenvalue weighted by atomic mass is 16.5. The molecule has 0 aliphatic carbocycles. The number of phenols is 1. The van der Waals surface area contributed by atoms with Gasteiger partial charge in [-0.3, -0.25) is 5.01 Å². The lowest BCUT2D eigenvalue weighted by Gasteiger charge is -2.35. The molecule has 132 valence electrons. The molecule has 2 aromatic rings. The van der Waals surface area contributed by atoms with E-state index in [4.69, 9.17) is 9.84 Å². The van der Waals surface area contributed by atoms with Crippen molar-refractivity contribution in [2.24, 2.45) is 5.10 Å². The number of aromatic hydroxyl groups is 1. The van der Waals surface area contributed by atoms with Crippen LogP contribution in [0.4, 0.5) is 5.69 Å². The summed E-state index contributed by atoms with van der Waals surface area (Å²) in [5, 5.41) is 16.6. The summed E-state index contributed by atoms with van der Waals surface area (Å²) in [6.07, 6.45) is 0. The van der Waals surface area contributed by atoms with Crippen LogP contribution in [0.3, 0.4) is 0 Å². The van der Waals surface area contributed by atoms with Gasteiger partial charge in [0.25, 0.3) is 0 Å². The molecule has 0 radical (unpaired) electrons. The fourth-order valence-electron chi connectivity index (χ4n) is 2.98. The number of aryl methyl sites for hydroxylation is 1. The third-order valence-corrected chi connectivity index (χ3v) is 4.54. The van der Waals surface area contributed by atoms with Crippen LogP contribution >= 0.6 is 0 Å². The Hall–Kier alpha value is -2.69. The zero-order valence-electron chi connectivity index (χ0n) is 15.1. The van der Waals surface area contributed by atoms with Crippen LogP contribution in [-0.4, -0.2) is 49.1 Å². The van der Waals surface area contributed by atoms with Gasteiger partial charge >= 0.3 is 0 Å². The molecule has 1 aliphatic heterocycles. The summed E-state index contributed by atoms with van der Waals surface area (Å²) in [4.78, 5) is 2.39. The molecule has 0 aromatic heterocycles. The first-order valence-corrected chi connectivity index (χ1v) is 8.56. The van der Waals surface area contributed by atoms with Gasteiger partial charge in [-0.05, 0) is 44.2 Å². The van der Waals surface area contributed by atoms with E-state index < -0.39 is 0 Å². The molecule has 0 bridgehead atoms. The van der Waals surface area contributed by atoms with E-state index in [2.05, 4.69) is 41.1 Å². The Morgan fingerprint density at radius 2 is 1.72 bits per heavy atom. The number of rotatable bonds is 4. The molecule has 1 saturated heterocycles. The van der Waals surface area contributed by atoms with E-state index in [1.807, 2.05) is 19.1 Å². The molecule has 5 heteroatoms. The second kappa shape index (κ2) is 7.47. The minimum Gasteiger partial charge on any atom is -0.504 e. The molecule has 0 spiro atoms. The number of piperazine rings is 1. The van der Waals surface area contributed by atoms with Crippen molar-refractivity contribution in [3.8, 4) is 11.5 Å². The monoisotopic (exact) mass is 339 g/mol. The van der Waals surface area contributed by atoms with Crippen LogP contribution in [0.15, 0.2) is 47.6 Å². The summed E-state index contributed by atoms with van der Waals surface area (Å²) in [7, 11) is 1.55. The predicted molar refractivity (Wildman–Crippen MR) is 102 cm³/mol. The van der Waals surface area contributed by atoms with Gasteiger partial charge in [0.2, 0.25) is 0 Å². The Morgan fingerprint density at radius 1 is 1.04 bits per heavy atom. The number of hydrazone groups is 1. The number of nitrogens with zero attached hydrogens (tertiary/aromatic N) is 3. The topological polar surface area (TPSA) is 48.3 Å². The number of hydrogen-bond donors (Lipinski definition) is 1. The first-order valence-electron chi connectivity index (χ1n) is 8.56. The second-order valence-electron chi connectivity index (χ2n) is 6.35. The number of anilines is 1. The molecule has 3 rings (SSSR count). The highest BCUT2D eigenvalue weighted by molar-refractivity contribution is 5.99. The Morgan fingerprint density at radius 3 is 2.36 bits per heavy atom. The number of ether oxygens (including phenoxy) is 1. The molecular weight excluding hydrogens is 314 g/mol. The minimum absolute atomic E-state index is 0.144. The van der Waals surface area contributed by atoms with Crippen LogP contribution in [0, 0.1) is 6.92 Å². The third-order valence-electron chi connectivity index (χ3n) is 4.54. The number of hydrogen-bond acceptors (Lipinski definition) is 5. The molecule has 1 N–H and O–H groups in total. The van der Waals surface area contributed by atoms with E-state index in [0.29, 0.717) is 5.75 Å². The SMILES string of the molecule is COc1cc(C(C)=NN2CCN(c3ccc(C)cc3)CC2)ccc1O. The van der Waals surface area contributed by atoms with Gasteiger partial charge in [-0.2, -0.15) is 5.10 Å². The summed E-state index contributed by atoms with van der Waals surface area (Å²) in [6, 6.07) is 14.0. The zero-order chi connectivity index (χ0) is 17.8. The predicted octanol–water partition coefficient (Wildman–Crippen LogP) is 3.26. The van der Waals surface area contributed by atoms with E-state index in [0.717, 1.165) is 37.5 Å². The van der Waals surface area contributed by atoms with Crippen molar-refractivity contribution in [1.82, 2.24) is 5.01 Å². The minimum atomic E-state index is 0.144. The maximum absolute atomic E-state index is 9.71. The van der Waals surface area contributed by atoms with Crippen molar-refractivity contribution in [3.05, 3.63) is 53.6 Å². The molecule has 2 aromatic carbocycles. The van der Waals surface area contributed by atoms with Crippen molar-refractivity contribution in [2.75, 3.05) is 38.2 Å². The molecule has 1 heterocycles. The second-order valence-corrected chi connectivity index (χ2v) is 6.35.